The zero-order valence-electron chi connectivity index (χ0n) is 26.6. The van der Waals surface area contributed by atoms with Gasteiger partial charge < -0.3 is 61.2 Å². The number of rotatable bonds is 12. The van der Waals surface area contributed by atoms with Gasteiger partial charge >= 0.3 is 23.5 Å². The molecule has 0 spiro atoms. The van der Waals surface area contributed by atoms with Crippen molar-refractivity contribution in [3.8, 4) is 11.8 Å². The fourth-order valence-corrected chi connectivity index (χ4v) is 9.25. The highest BCUT2D eigenvalue weighted by molar-refractivity contribution is 7.66. The molecule has 30 heteroatoms. The molecular formula is C22H33N10O17P3+2. The Morgan fingerprint density at radius 2 is 1.25 bits per heavy atom. The van der Waals surface area contributed by atoms with E-state index in [0.29, 0.717) is 0 Å². The van der Waals surface area contributed by atoms with Crippen molar-refractivity contribution in [1.82, 2.24) is 29.1 Å². The molecule has 2 aliphatic heterocycles. The lowest BCUT2D eigenvalue weighted by Crippen LogP contribution is -2.34. The van der Waals surface area contributed by atoms with Crippen molar-refractivity contribution in [2.45, 2.75) is 49.4 Å². The first-order chi connectivity index (χ1) is 24.1. The van der Waals surface area contributed by atoms with Crippen LogP contribution in [0.2, 0.25) is 0 Å². The van der Waals surface area contributed by atoms with E-state index in [1.54, 1.807) is 7.05 Å². The Morgan fingerprint density at radius 1 is 0.769 bits per heavy atom. The van der Waals surface area contributed by atoms with Gasteiger partial charge in [-0.3, -0.25) is 9.05 Å². The van der Waals surface area contributed by atoms with Crippen molar-refractivity contribution in [1.29, 1.82) is 0 Å². The lowest BCUT2D eigenvalue weighted by molar-refractivity contribution is -0.646. The summed E-state index contributed by atoms with van der Waals surface area (Å²) in [5.41, 5.74) is 11.5. The van der Waals surface area contributed by atoms with Crippen LogP contribution in [0.4, 0.5) is 11.9 Å². The molecule has 27 nitrogen and oxygen atoms in total. The number of hydrogen-bond acceptors (Lipinski definition) is 20. The van der Waals surface area contributed by atoms with Crippen LogP contribution in [0.15, 0.2) is 12.7 Å². The molecule has 0 amide bonds. The van der Waals surface area contributed by atoms with Crippen LogP contribution in [-0.2, 0) is 54.9 Å². The number of aryl methyl sites for hydroxylation is 2. The summed E-state index contributed by atoms with van der Waals surface area (Å²) in [6, 6.07) is 0. The number of anilines is 2. The van der Waals surface area contributed by atoms with Crippen molar-refractivity contribution in [2.24, 2.45) is 14.1 Å². The molecule has 0 aromatic carbocycles. The maximum atomic E-state index is 12.5. The second kappa shape index (κ2) is 13.7. The van der Waals surface area contributed by atoms with Gasteiger partial charge in [-0.2, -0.15) is 37.7 Å². The average Bonchev–Trinajstić information content (AvgIpc) is 3.72. The zero-order chi connectivity index (χ0) is 38.1. The fraction of sp³-hybridized carbons (Fsp3) is 0.545. The molecule has 52 heavy (non-hydrogen) atoms. The van der Waals surface area contributed by atoms with Gasteiger partial charge in [-0.15, -0.1) is 0 Å². The number of hydrogen-bond donors (Lipinski definition) is 10. The van der Waals surface area contributed by atoms with Gasteiger partial charge in [0.25, 0.3) is 34.1 Å². The Kier molecular flexibility index (Phi) is 10.1. The second-order valence-corrected chi connectivity index (χ2v) is 16.2. The van der Waals surface area contributed by atoms with E-state index >= 15 is 0 Å². The first kappa shape index (κ1) is 38.2. The second-order valence-electron chi connectivity index (χ2n) is 11.6. The monoisotopic (exact) mass is 802 g/mol. The molecule has 6 unspecified atom stereocenters. The molecule has 6 rings (SSSR count). The van der Waals surface area contributed by atoms with Crippen LogP contribution in [0.1, 0.15) is 18.9 Å². The summed E-state index contributed by atoms with van der Waals surface area (Å²) >= 11 is 0. The highest BCUT2D eigenvalue weighted by Gasteiger charge is 2.50. The summed E-state index contributed by atoms with van der Waals surface area (Å²) in [6.45, 7) is -1.85. The maximum Gasteiger partial charge on any atom is 0.490 e. The molecule has 2 saturated heterocycles. The van der Waals surface area contributed by atoms with E-state index in [-0.39, 0.29) is 40.6 Å². The number of aliphatic hydroxyl groups excluding tert-OH is 3. The number of imidazole rings is 2. The maximum absolute atomic E-state index is 12.5. The Bertz CT molecular complexity index is 2170. The molecule has 286 valence electrons. The minimum atomic E-state index is -5.92. The Hall–Kier alpha value is -3.49. The summed E-state index contributed by atoms with van der Waals surface area (Å²) in [7, 11) is -14.1. The predicted octanol–water partition coefficient (Wildman–Crippen LogP) is -3.26. The number of phosphoric ester groups is 2. The van der Waals surface area contributed by atoms with Crippen LogP contribution in [-0.4, -0.2) is 113 Å². The highest BCUT2D eigenvalue weighted by Crippen LogP contribution is 2.67. The van der Waals surface area contributed by atoms with E-state index in [1.165, 1.54) is 38.0 Å². The van der Waals surface area contributed by atoms with Crippen molar-refractivity contribution < 1.29 is 90.2 Å². The third-order valence-corrected chi connectivity index (χ3v) is 12.1. The number of fused-ring (bicyclic) bond motifs is 2. The van der Waals surface area contributed by atoms with Crippen LogP contribution >= 0.6 is 23.5 Å². The zero-order valence-corrected chi connectivity index (χ0v) is 29.3. The molecule has 0 saturated carbocycles. The standard InChI is InChI=1S/C22H31N10O17P3/c1-29-6-31(15-11(29)17(36)27-21(23)25-15)19-9(33)3-8(46-19)4-44-50(38,39)48-52(42,43)49-51(40,41)45-5-10-13(34)14(35)20(47-10)32-7-30(2)12-16(32)26-22(24)28-18(12)37/h6-10,13-14,19-20,33-35H,3-5H2,1-2H3,(H7-2,23,24,25,26,27,28,36,37,38,39,40,41,42,43)/p+2/t8-,9-,10+,13?,14?,19?,20+/m0/s1. The summed E-state index contributed by atoms with van der Waals surface area (Å²) in [4.78, 5) is 45.4. The van der Waals surface area contributed by atoms with Gasteiger partial charge in [0.2, 0.25) is 37.0 Å². The van der Waals surface area contributed by atoms with Crippen LogP contribution in [0, 0.1) is 0 Å². The Labute approximate surface area is 289 Å². The number of aromatic nitrogens is 8. The minimum Gasteiger partial charge on any atom is -0.490 e. The summed E-state index contributed by atoms with van der Waals surface area (Å²) in [5.74, 6) is -1.55. The normalized spacial score (nSPS) is 28.7. The van der Waals surface area contributed by atoms with Gasteiger partial charge in [0, 0.05) is 6.42 Å². The van der Waals surface area contributed by atoms with E-state index in [0.717, 1.165) is 0 Å². The van der Waals surface area contributed by atoms with Gasteiger partial charge in [-0.25, -0.2) is 22.8 Å². The molecule has 6 heterocycles. The molecule has 0 aliphatic carbocycles. The number of nitrogen functional groups attached to an aromatic ring is 2. The number of nitrogens with zero attached hydrogens (tertiary/aromatic N) is 8. The molecule has 10 atom stereocenters. The van der Waals surface area contributed by atoms with Crippen molar-refractivity contribution >= 4 is 57.7 Å². The van der Waals surface area contributed by atoms with Gasteiger partial charge in [0.05, 0.1) is 33.4 Å². The fourth-order valence-electron chi connectivity index (χ4n) is 5.71. The van der Waals surface area contributed by atoms with Crippen LogP contribution < -0.4 is 20.6 Å². The predicted molar refractivity (Wildman–Crippen MR) is 164 cm³/mol. The molecular weight excluding hydrogens is 769 g/mol. The smallest absolute Gasteiger partial charge is 0.490 e. The Balaban J connectivity index is 1.03. The van der Waals surface area contributed by atoms with E-state index in [4.69, 9.17) is 25.5 Å². The van der Waals surface area contributed by atoms with Gasteiger partial charge in [-0.05, 0) is 0 Å². The Morgan fingerprint density at radius 3 is 1.77 bits per heavy atom. The number of ether oxygens (including phenoxy) is 2. The minimum absolute atomic E-state index is 0.0171. The molecule has 4 aromatic heterocycles. The first-order valence-electron chi connectivity index (χ1n) is 14.7. The van der Waals surface area contributed by atoms with E-state index < -0.39 is 91.4 Å². The van der Waals surface area contributed by atoms with Crippen LogP contribution in [0.5, 0.6) is 11.8 Å². The van der Waals surface area contributed by atoms with Crippen molar-refractivity contribution in [3.63, 3.8) is 0 Å². The van der Waals surface area contributed by atoms with E-state index in [2.05, 4.69) is 33.1 Å². The van der Waals surface area contributed by atoms with Crippen molar-refractivity contribution in [2.75, 3.05) is 24.7 Å². The largest absolute Gasteiger partial charge is 0.490 e. The summed E-state index contributed by atoms with van der Waals surface area (Å²) < 4.78 is 71.5. The quantitative estimate of drug-likeness (QED) is 0.0496. The molecule has 12 N–H and O–H groups in total. The van der Waals surface area contributed by atoms with Gasteiger partial charge in [0.15, 0.2) is 0 Å². The van der Waals surface area contributed by atoms with E-state index in [1.807, 2.05) is 0 Å². The topological polar surface area (TPSA) is 390 Å². The third kappa shape index (κ3) is 7.61. The lowest BCUT2D eigenvalue weighted by atomic mass is 10.1. The van der Waals surface area contributed by atoms with E-state index in [9.17, 15) is 53.9 Å². The number of phosphoric acid groups is 3. The number of aliphatic hydroxyl groups is 3. The van der Waals surface area contributed by atoms with Crippen molar-refractivity contribution in [3.05, 3.63) is 12.7 Å². The summed E-state index contributed by atoms with van der Waals surface area (Å²) in [5, 5.41) is 52.0. The van der Waals surface area contributed by atoms with Gasteiger partial charge in [0.1, 0.15) is 24.4 Å². The van der Waals surface area contributed by atoms with Gasteiger partial charge in [-0.1, -0.05) is 0 Å². The molecule has 4 aromatic rings. The number of aromatic hydroxyl groups is 2. The summed E-state index contributed by atoms with van der Waals surface area (Å²) in [6.07, 6.45) is -7.49. The average molecular weight is 802 g/mol. The number of nitrogens with two attached hydrogens (primary N) is 2. The SMILES string of the molecule is C[n+]1cn(C2O[C@H](COP(=O)(O)OP(=O)(O)OP(=O)(O)OC[C@H]3O[C@@H](n4c[n+](C)c5c(O)nc(N)nc54)C(O)C3O)C[C@@H]2O)c2nc(N)nc(O)c21. The molecule has 0 radical (unpaired) electrons. The van der Waals surface area contributed by atoms with Crippen LogP contribution in [0.25, 0.3) is 22.3 Å². The molecule has 0 bridgehead atoms. The highest BCUT2D eigenvalue weighted by atomic mass is 31.3. The van der Waals surface area contributed by atoms with Crippen LogP contribution in [0.3, 0.4) is 0 Å². The lowest BCUT2D eigenvalue weighted by Gasteiger charge is -2.20. The molecule has 2 fully saturated rings. The third-order valence-electron chi connectivity index (χ3n) is 7.81. The molecule has 2 aliphatic rings. The first-order valence-corrected chi connectivity index (χ1v) is 19.1.